The first kappa shape index (κ1) is 26.8. The number of carbonyl (C=O) groups excluding carboxylic acids is 1. The third-order valence-electron chi connectivity index (χ3n) is 6.08. The number of amides is 1. The van der Waals surface area contributed by atoms with Gasteiger partial charge in [-0.3, -0.25) is 4.79 Å². The predicted molar refractivity (Wildman–Crippen MR) is 142 cm³/mol. The van der Waals surface area contributed by atoms with Gasteiger partial charge in [0, 0.05) is 24.5 Å². The number of aryl methyl sites for hydroxylation is 1. The number of carbonyl (C=O) groups is 1. The van der Waals surface area contributed by atoms with Gasteiger partial charge in [0.2, 0.25) is 15.9 Å². The molecule has 0 aromatic heterocycles. The van der Waals surface area contributed by atoms with Crippen molar-refractivity contribution in [1.82, 2.24) is 4.31 Å². The molecule has 37 heavy (non-hydrogen) atoms. The second-order valence-electron chi connectivity index (χ2n) is 8.53. The van der Waals surface area contributed by atoms with E-state index in [1.165, 1.54) is 11.4 Å². The maximum atomic E-state index is 13.0. The summed E-state index contributed by atoms with van der Waals surface area (Å²) in [7, 11) is -0.521. The van der Waals surface area contributed by atoms with Gasteiger partial charge in [0.25, 0.3) is 0 Å². The van der Waals surface area contributed by atoms with E-state index in [4.69, 9.17) is 25.8 Å². The summed E-state index contributed by atoms with van der Waals surface area (Å²) >= 11 is 6.18. The molecule has 0 bridgehead atoms. The quantitative estimate of drug-likeness (QED) is 0.362. The van der Waals surface area contributed by atoms with Crippen molar-refractivity contribution in [2.24, 2.45) is 0 Å². The van der Waals surface area contributed by atoms with E-state index in [2.05, 4.69) is 5.32 Å². The average molecular weight is 545 g/mol. The molecule has 1 N–H and O–H groups in total. The molecule has 1 amide bonds. The fraction of sp³-hybridized carbons (Fsp3) is 0.296. The SMILES string of the molecule is COc1ccc(S(=O)(=O)N2CCCC2)cc1CCC(=O)Nc1cc(Cl)ccc1Oc1ccccc1OC. The molecular formula is C27H29ClN2O6S. The normalized spacial score (nSPS) is 13.8. The number of para-hydroxylation sites is 2. The van der Waals surface area contributed by atoms with Gasteiger partial charge in [-0.2, -0.15) is 4.31 Å². The molecule has 8 nitrogen and oxygen atoms in total. The number of methoxy groups -OCH3 is 2. The van der Waals surface area contributed by atoms with E-state index in [9.17, 15) is 13.2 Å². The van der Waals surface area contributed by atoms with Crippen molar-refractivity contribution in [3.8, 4) is 23.0 Å². The number of halogens is 1. The number of sulfonamides is 1. The van der Waals surface area contributed by atoms with E-state index in [-0.39, 0.29) is 23.6 Å². The Bertz CT molecular complexity index is 1370. The minimum Gasteiger partial charge on any atom is -0.496 e. The van der Waals surface area contributed by atoms with Gasteiger partial charge in [0.15, 0.2) is 17.2 Å². The van der Waals surface area contributed by atoms with Gasteiger partial charge in [0.05, 0.1) is 24.8 Å². The van der Waals surface area contributed by atoms with Crippen molar-refractivity contribution in [3.63, 3.8) is 0 Å². The third-order valence-corrected chi connectivity index (χ3v) is 8.21. The highest BCUT2D eigenvalue weighted by atomic mass is 35.5. The van der Waals surface area contributed by atoms with Crippen LogP contribution in [0.5, 0.6) is 23.0 Å². The number of hydrogen-bond donors (Lipinski definition) is 1. The van der Waals surface area contributed by atoms with Crippen LogP contribution in [0.4, 0.5) is 5.69 Å². The zero-order chi connectivity index (χ0) is 26.4. The van der Waals surface area contributed by atoms with Crippen molar-refractivity contribution in [1.29, 1.82) is 0 Å². The lowest BCUT2D eigenvalue weighted by molar-refractivity contribution is -0.116. The Balaban J connectivity index is 1.49. The highest BCUT2D eigenvalue weighted by molar-refractivity contribution is 7.89. The zero-order valence-corrected chi connectivity index (χ0v) is 22.3. The Morgan fingerprint density at radius 1 is 0.919 bits per heavy atom. The van der Waals surface area contributed by atoms with Crippen LogP contribution < -0.4 is 19.5 Å². The molecule has 4 rings (SSSR count). The van der Waals surface area contributed by atoms with Crippen LogP contribution in [0.2, 0.25) is 5.02 Å². The van der Waals surface area contributed by atoms with Crippen LogP contribution >= 0.6 is 11.6 Å². The topological polar surface area (TPSA) is 94.2 Å². The molecule has 1 saturated heterocycles. The zero-order valence-electron chi connectivity index (χ0n) is 20.7. The van der Waals surface area contributed by atoms with Crippen molar-refractivity contribution in [3.05, 3.63) is 71.2 Å². The third kappa shape index (κ3) is 6.36. The number of benzene rings is 3. The molecule has 0 saturated carbocycles. The monoisotopic (exact) mass is 544 g/mol. The van der Waals surface area contributed by atoms with Gasteiger partial charge < -0.3 is 19.5 Å². The number of ether oxygens (including phenoxy) is 3. The maximum Gasteiger partial charge on any atom is 0.243 e. The molecule has 1 heterocycles. The largest absolute Gasteiger partial charge is 0.496 e. The molecule has 0 unspecified atom stereocenters. The van der Waals surface area contributed by atoms with Gasteiger partial charge in [-0.25, -0.2) is 8.42 Å². The molecule has 0 radical (unpaired) electrons. The standard InChI is InChI=1S/C27H29ClN2O6S/c1-34-23-13-11-21(37(32,33)30-15-5-6-16-30)17-19(23)9-14-27(31)29-22-18-20(28)10-12-24(22)36-26-8-4-3-7-25(26)35-2/h3-4,7-8,10-13,17-18H,5-6,9,14-16H2,1-2H3,(H,29,31). The number of hydrogen-bond acceptors (Lipinski definition) is 6. The average Bonchev–Trinajstić information content (AvgIpc) is 3.45. The van der Waals surface area contributed by atoms with Gasteiger partial charge in [-0.15, -0.1) is 0 Å². The molecular weight excluding hydrogens is 516 g/mol. The number of nitrogens with one attached hydrogen (secondary N) is 1. The summed E-state index contributed by atoms with van der Waals surface area (Å²) in [5, 5.41) is 3.28. The van der Waals surface area contributed by atoms with E-state index < -0.39 is 10.0 Å². The van der Waals surface area contributed by atoms with Gasteiger partial charge in [0.1, 0.15) is 5.75 Å². The minimum atomic E-state index is -3.58. The second-order valence-corrected chi connectivity index (χ2v) is 10.9. The molecule has 196 valence electrons. The maximum absolute atomic E-state index is 13.0. The number of anilines is 1. The van der Waals surface area contributed by atoms with E-state index in [0.29, 0.717) is 52.4 Å². The summed E-state index contributed by atoms with van der Waals surface area (Å²) < 4.78 is 44.3. The molecule has 0 aliphatic carbocycles. The summed E-state index contributed by atoms with van der Waals surface area (Å²) in [6.45, 7) is 1.04. The van der Waals surface area contributed by atoms with Crippen molar-refractivity contribution in [2.45, 2.75) is 30.6 Å². The summed E-state index contributed by atoms with van der Waals surface area (Å²) in [5.74, 6) is 1.67. The van der Waals surface area contributed by atoms with Crippen molar-refractivity contribution in [2.75, 3.05) is 32.6 Å². The van der Waals surface area contributed by atoms with E-state index >= 15 is 0 Å². The Kier molecular flexibility index (Phi) is 8.58. The number of rotatable bonds is 10. The van der Waals surface area contributed by atoms with Crippen LogP contribution in [0.1, 0.15) is 24.8 Å². The van der Waals surface area contributed by atoms with Gasteiger partial charge >= 0.3 is 0 Å². The Labute approximate surface area is 222 Å². The molecule has 10 heteroatoms. The van der Waals surface area contributed by atoms with Crippen LogP contribution in [0.15, 0.2) is 65.6 Å². The summed E-state index contributed by atoms with van der Waals surface area (Å²) in [6.07, 6.45) is 2.08. The highest BCUT2D eigenvalue weighted by Crippen LogP contribution is 2.36. The lowest BCUT2D eigenvalue weighted by Crippen LogP contribution is -2.28. The summed E-state index contributed by atoms with van der Waals surface area (Å²) in [6, 6.07) is 16.9. The lowest BCUT2D eigenvalue weighted by atomic mass is 10.1. The Morgan fingerprint density at radius 2 is 1.59 bits per heavy atom. The molecule has 1 aliphatic rings. The van der Waals surface area contributed by atoms with E-state index in [1.54, 1.807) is 55.6 Å². The first-order chi connectivity index (χ1) is 17.8. The highest BCUT2D eigenvalue weighted by Gasteiger charge is 2.28. The molecule has 1 aliphatic heterocycles. The van der Waals surface area contributed by atoms with Crippen LogP contribution in [0, 0.1) is 0 Å². The lowest BCUT2D eigenvalue weighted by Gasteiger charge is -2.17. The predicted octanol–water partition coefficient (Wildman–Crippen LogP) is 5.51. The molecule has 3 aromatic carbocycles. The van der Waals surface area contributed by atoms with E-state index in [0.717, 1.165) is 12.8 Å². The molecule has 1 fully saturated rings. The van der Waals surface area contributed by atoms with Gasteiger partial charge in [-0.05, 0) is 73.4 Å². The smallest absolute Gasteiger partial charge is 0.243 e. The first-order valence-electron chi connectivity index (χ1n) is 11.9. The fourth-order valence-corrected chi connectivity index (χ4v) is 5.90. The fourth-order valence-electron chi connectivity index (χ4n) is 4.16. The molecule has 0 spiro atoms. The van der Waals surface area contributed by atoms with Crippen LogP contribution in [-0.4, -0.2) is 45.9 Å². The summed E-state index contributed by atoms with van der Waals surface area (Å²) in [5.41, 5.74) is 1.04. The van der Waals surface area contributed by atoms with Gasteiger partial charge in [-0.1, -0.05) is 23.7 Å². The minimum absolute atomic E-state index is 0.0875. The van der Waals surface area contributed by atoms with Crippen LogP contribution in [-0.2, 0) is 21.2 Å². The van der Waals surface area contributed by atoms with Crippen molar-refractivity contribution >= 4 is 33.2 Å². The molecule has 0 atom stereocenters. The van der Waals surface area contributed by atoms with Crippen molar-refractivity contribution < 1.29 is 27.4 Å². The Morgan fingerprint density at radius 3 is 2.30 bits per heavy atom. The molecule has 3 aromatic rings. The second kappa shape index (κ2) is 11.9. The Hall–Kier alpha value is -3.27. The van der Waals surface area contributed by atoms with Crippen LogP contribution in [0.3, 0.4) is 0 Å². The summed E-state index contributed by atoms with van der Waals surface area (Å²) in [4.78, 5) is 13.1. The number of nitrogens with zero attached hydrogens (tertiary/aromatic N) is 1. The van der Waals surface area contributed by atoms with Crippen LogP contribution in [0.25, 0.3) is 0 Å². The first-order valence-corrected chi connectivity index (χ1v) is 13.7. The van der Waals surface area contributed by atoms with E-state index in [1.807, 2.05) is 12.1 Å².